The van der Waals surface area contributed by atoms with E-state index in [1.165, 1.54) is 24.3 Å². The lowest BCUT2D eigenvalue weighted by Crippen LogP contribution is -2.31. The van der Waals surface area contributed by atoms with Crippen LogP contribution in [0.15, 0.2) is 42.5 Å². The summed E-state index contributed by atoms with van der Waals surface area (Å²) in [6, 6.07) is 9.61. The van der Waals surface area contributed by atoms with E-state index in [1.54, 1.807) is 12.1 Å². The summed E-state index contributed by atoms with van der Waals surface area (Å²) in [5.41, 5.74) is 0.295. The average Bonchev–Trinajstić information content (AvgIpc) is 2.86. The molecule has 9 heteroatoms. The van der Waals surface area contributed by atoms with Crippen LogP contribution in [0.25, 0.3) is 0 Å². The van der Waals surface area contributed by atoms with Gasteiger partial charge >= 0.3 is 0 Å². The molecular formula is C18H15N3O6. The number of nitro benzene ring substituents is 1. The third kappa shape index (κ3) is 3.76. The highest BCUT2D eigenvalue weighted by molar-refractivity contribution is 6.21. The highest BCUT2D eigenvalue weighted by Gasteiger charge is 2.36. The summed E-state index contributed by atoms with van der Waals surface area (Å²) in [6.45, 7) is 0.0214. The van der Waals surface area contributed by atoms with E-state index in [4.69, 9.17) is 0 Å². The van der Waals surface area contributed by atoms with Crippen molar-refractivity contribution < 1.29 is 24.4 Å². The molecule has 0 spiro atoms. The minimum absolute atomic E-state index is 0.00147. The normalized spacial score (nSPS) is 12.8. The quantitative estimate of drug-likeness (QED) is 0.456. The third-order valence-electron chi connectivity index (χ3n) is 4.08. The average molecular weight is 369 g/mol. The number of nitrogens with zero attached hydrogens (tertiary/aromatic N) is 2. The van der Waals surface area contributed by atoms with Crippen LogP contribution >= 0.6 is 0 Å². The second-order valence-corrected chi connectivity index (χ2v) is 5.95. The van der Waals surface area contributed by atoms with Gasteiger partial charge in [0.05, 0.1) is 16.1 Å². The smallest absolute Gasteiger partial charge is 0.270 e. The number of anilines is 1. The molecule has 0 saturated heterocycles. The first-order valence-corrected chi connectivity index (χ1v) is 8.10. The molecule has 0 fully saturated rings. The number of phenolic OH excluding ortho intramolecular Hbond substituents is 1. The largest absolute Gasteiger partial charge is 0.508 e. The number of nitrogens with one attached hydrogen (secondary N) is 1. The van der Waals surface area contributed by atoms with Gasteiger partial charge in [0.2, 0.25) is 5.91 Å². The van der Waals surface area contributed by atoms with Gasteiger partial charge < -0.3 is 10.4 Å². The maximum Gasteiger partial charge on any atom is 0.270 e. The first kappa shape index (κ1) is 18.1. The molecule has 0 unspecified atom stereocenters. The molecule has 0 aromatic heterocycles. The highest BCUT2D eigenvalue weighted by Crippen LogP contribution is 2.27. The highest BCUT2D eigenvalue weighted by atomic mass is 16.6. The van der Waals surface area contributed by atoms with E-state index >= 15 is 0 Å². The zero-order chi connectivity index (χ0) is 19.6. The number of amides is 3. The summed E-state index contributed by atoms with van der Waals surface area (Å²) in [4.78, 5) is 47.8. The Kier molecular flexibility index (Phi) is 4.84. The Labute approximate surface area is 153 Å². The van der Waals surface area contributed by atoms with Crippen molar-refractivity contribution in [1.82, 2.24) is 4.90 Å². The molecule has 1 heterocycles. The number of imide groups is 1. The van der Waals surface area contributed by atoms with E-state index in [2.05, 4.69) is 5.32 Å². The number of fused-ring (bicyclic) bond motifs is 1. The zero-order valence-electron chi connectivity index (χ0n) is 14.0. The van der Waals surface area contributed by atoms with Gasteiger partial charge in [-0.05, 0) is 24.6 Å². The summed E-state index contributed by atoms with van der Waals surface area (Å²) in [5.74, 6) is -1.44. The number of carbonyl (C=O) groups is 3. The zero-order valence-corrected chi connectivity index (χ0v) is 14.0. The van der Waals surface area contributed by atoms with E-state index in [9.17, 15) is 29.6 Å². The Morgan fingerprint density at radius 3 is 2.56 bits per heavy atom. The number of non-ortho nitro benzene ring substituents is 1. The summed E-state index contributed by atoms with van der Waals surface area (Å²) < 4.78 is 0. The molecule has 2 N–H and O–H groups in total. The number of carbonyl (C=O) groups excluding carboxylic acids is 3. The standard InChI is InChI=1S/C18H15N3O6/c22-13-4-1-3-11(9-13)19-16(23)5-2-8-20-17(24)14-7-6-12(21(26)27)10-15(14)18(20)25/h1,3-4,6-7,9-10,22H,2,5,8H2,(H,19,23). The van der Waals surface area contributed by atoms with Crippen molar-refractivity contribution in [1.29, 1.82) is 0 Å². The van der Waals surface area contributed by atoms with Crippen molar-refractivity contribution in [2.75, 3.05) is 11.9 Å². The van der Waals surface area contributed by atoms with E-state index in [0.29, 0.717) is 5.69 Å². The van der Waals surface area contributed by atoms with Gasteiger partial charge in [0.1, 0.15) is 5.75 Å². The number of benzene rings is 2. The van der Waals surface area contributed by atoms with Crippen LogP contribution in [0.4, 0.5) is 11.4 Å². The summed E-state index contributed by atoms with van der Waals surface area (Å²) >= 11 is 0. The molecule has 0 atom stereocenters. The molecule has 1 aliphatic heterocycles. The van der Waals surface area contributed by atoms with Gasteiger partial charge in [-0.2, -0.15) is 0 Å². The Hall–Kier alpha value is -3.75. The van der Waals surface area contributed by atoms with Crippen LogP contribution in [0.1, 0.15) is 33.6 Å². The molecule has 0 aliphatic carbocycles. The van der Waals surface area contributed by atoms with Gasteiger partial charge in [0.15, 0.2) is 0 Å². The first-order chi connectivity index (χ1) is 12.9. The van der Waals surface area contributed by atoms with Gasteiger partial charge in [0.25, 0.3) is 17.5 Å². The van der Waals surface area contributed by atoms with Gasteiger partial charge in [-0.25, -0.2) is 0 Å². The molecule has 9 nitrogen and oxygen atoms in total. The molecule has 27 heavy (non-hydrogen) atoms. The second kappa shape index (κ2) is 7.24. The number of nitro groups is 1. The lowest BCUT2D eigenvalue weighted by atomic mass is 10.1. The number of aromatic hydroxyl groups is 1. The molecule has 0 radical (unpaired) electrons. The number of rotatable bonds is 6. The van der Waals surface area contributed by atoms with Gasteiger partial charge in [-0.15, -0.1) is 0 Å². The van der Waals surface area contributed by atoms with Crippen LogP contribution in [0.5, 0.6) is 5.75 Å². The number of hydrogen-bond donors (Lipinski definition) is 2. The lowest BCUT2D eigenvalue weighted by molar-refractivity contribution is -0.384. The fraction of sp³-hybridized carbons (Fsp3) is 0.167. The van der Waals surface area contributed by atoms with Crippen LogP contribution in [0.2, 0.25) is 0 Å². The molecule has 2 aromatic carbocycles. The summed E-state index contributed by atoms with van der Waals surface area (Å²) in [7, 11) is 0. The number of hydrogen-bond acceptors (Lipinski definition) is 6. The van der Waals surface area contributed by atoms with Crippen molar-refractivity contribution in [2.45, 2.75) is 12.8 Å². The SMILES string of the molecule is O=C(CCCN1C(=O)c2ccc([N+](=O)[O-])cc2C1=O)Nc1cccc(O)c1. The maximum atomic E-state index is 12.3. The van der Waals surface area contributed by atoms with E-state index < -0.39 is 16.7 Å². The maximum absolute atomic E-state index is 12.3. The van der Waals surface area contributed by atoms with Crippen molar-refractivity contribution >= 4 is 29.1 Å². The molecular weight excluding hydrogens is 354 g/mol. The van der Waals surface area contributed by atoms with Gasteiger partial charge in [0, 0.05) is 36.9 Å². The second-order valence-electron chi connectivity index (χ2n) is 5.95. The lowest BCUT2D eigenvalue weighted by Gasteiger charge is -2.13. The fourth-order valence-corrected chi connectivity index (χ4v) is 2.80. The minimum Gasteiger partial charge on any atom is -0.508 e. The Bertz CT molecular complexity index is 956. The minimum atomic E-state index is -0.633. The predicted octanol–water partition coefficient (Wildman–Crippen LogP) is 2.32. The van der Waals surface area contributed by atoms with Crippen molar-refractivity contribution in [3.63, 3.8) is 0 Å². The molecule has 2 aromatic rings. The molecule has 138 valence electrons. The van der Waals surface area contributed by atoms with Crippen LogP contribution < -0.4 is 5.32 Å². The van der Waals surface area contributed by atoms with Gasteiger partial charge in [-0.1, -0.05) is 6.07 Å². The summed E-state index contributed by atoms with van der Waals surface area (Å²) in [6.07, 6.45) is 0.293. The molecule has 3 rings (SSSR count). The Morgan fingerprint density at radius 2 is 1.85 bits per heavy atom. The molecule has 3 amide bonds. The van der Waals surface area contributed by atoms with Crippen LogP contribution in [-0.2, 0) is 4.79 Å². The topological polar surface area (TPSA) is 130 Å². The van der Waals surface area contributed by atoms with E-state index in [1.807, 2.05) is 0 Å². The number of phenols is 1. The Balaban J connectivity index is 1.58. The monoisotopic (exact) mass is 369 g/mol. The van der Waals surface area contributed by atoms with Crippen LogP contribution in [0.3, 0.4) is 0 Å². The Morgan fingerprint density at radius 1 is 1.11 bits per heavy atom. The predicted molar refractivity (Wildman–Crippen MR) is 94.4 cm³/mol. The van der Waals surface area contributed by atoms with E-state index in [0.717, 1.165) is 11.0 Å². The van der Waals surface area contributed by atoms with Crippen LogP contribution in [0, 0.1) is 10.1 Å². The third-order valence-corrected chi connectivity index (χ3v) is 4.08. The van der Waals surface area contributed by atoms with Crippen molar-refractivity contribution in [3.8, 4) is 5.75 Å². The summed E-state index contributed by atoms with van der Waals surface area (Å²) in [5, 5.41) is 22.8. The molecule has 0 bridgehead atoms. The first-order valence-electron chi connectivity index (χ1n) is 8.10. The van der Waals surface area contributed by atoms with E-state index in [-0.39, 0.29) is 47.9 Å². The van der Waals surface area contributed by atoms with Crippen molar-refractivity contribution in [3.05, 3.63) is 63.7 Å². The van der Waals surface area contributed by atoms with Crippen LogP contribution in [-0.4, -0.2) is 39.2 Å². The molecule has 0 saturated carbocycles. The van der Waals surface area contributed by atoms with Crippen molar-refractivity contribution in [2.24, 2.45) is 0 Å². The molecule has 1 aliphatic rings. The fourth-order valence-electron chi connectivity index (χ4n) is 2.80. The van der Waals surface area contributed by atoms with Gasteiger partial charge in [-0.3, -0.25) is 29.4 Å².